The number of nitrogen functional groups attached to an aromatic ring is 1. The van der Waals surface area contributed by atoms with E-state index in [1.165, 1.54) is 6.20 Å². The van der Waals surface area contributed by atoms with Crippen LogP contribution in [0.4, 0.5) is 11.4 Å². The van der Waals surface area contributed by atoms with Gasteiger partial charge in [0.05, 0.1) is 27.7 Å². The van der Waals surface area contributed by atoms with Gasteiger partial charge in [0.15, 0.2) is 5.69 Å². The molecule has 0 unspecified atom stereocenters. The number of pyridine rings is 1. The van der Waals surface area contributed by atoms with Crippen LogP contribution >= 0.6 is 27.5 Å². The van der Waals surface area contributed by atoms with Gasteiger partial charge in [-0.2, -0.15) is 5.10 Å². The van der Waals surface area contributed by atoms with E-state index >= 15 is 0 Å². The van der Waals surface area contributed by atoms with Crippen LogP contribution in [0.25, 0.3) is 0 Å². The number of nitrogens with two attached hydrogens (primary N) is 1. The molecule has 0 aromatic carbocycles. The third-order valence-corrected chi connectivity index (χ3v) is 3.81. The second kappa shape index (κ2) is 5.80. The average molecular weight is 359 g/mol. The largest absolute Gasteiger partial charge is 0.395 e. The van der Waals surface area contributed by atoms with E-state index in [4.69, 9.17) is 17.3 Å². The minimum Gasteiger partial charge on any atom is -0.395 e. The van der Waals surface area contributed by atoms with Gasteiger partial charge in [0, 0.05) is 0 Å². The zero-order chi connectivity index (χ0) is 14.9. The van der Waals surface area contributed by atoms with Crippen LogP contribution in [0.1, 0.15) is 35.9 Å². The van der Waals surface area contributed by atoms with E-state index in [2.05, 4.69) is 36.4 Å². The van der Waals surface area contributed by atoms with Crippen molar-refractivity contribution in [3.8, 4) is 0 Å². The molecular formula is C12H13BrClN5O. The predicted octanol–water partition coefficient (Wildman–Crippen LogP) is 3.18. The summed E-state index contributed by atoms with van der Waals surface area (Å²) in [5.41, 5.74) is 7.68. The quantitative estimate of drug-likeness (QED) is 0.734. The maximum atomic E-state index is 12.1. The number of halogens is 2. The molecule has 6 nitrogen and oxygen atoms in total. The minimum atomic E-state index is -0.401. The fourth-order valence-corrected chi connectivity index (χ4v) is 2.11. The van der Waals surface area contributed by atoms with Crippen molar-refractivity contribution in [2.75, 3.05) is 11.1 Å². The molecule has 0 atom stereocenters. The molecule has 20 heavy (non-hydrogen) atoms. The highest BCUT2D eigenvalue weighted by Gasteiger charge is 2.19. The third-order valence-electron chi connectivity index (χ3n) is 2.68. The first-order chi connectivity index (χ1) is 9.40. The highest BCUT2D eigenvalue weighted by molar-refractivity contribution is 9.10. The number of H-pyrrole nitrogens is 1. The van der Waals surface area contributed by atoms with Crippen LogP contribution in [-0.2, 0) is 0 Å². The zero-order valence-corrected chi connectivity index (χ0v) is 13.2. The molecule has 0 fully saturated rings. The fraction of sp³-hybridized carbons (Fsp3) is 0.250. The number of carbonyl (C=O) groups is 1. The molecule has 0 spiro atoms. The summed E-state index contributed by atoms with van der Waals surface area (Å²) in [7, 11) is 0. The number of anilines is 2. The summed E-state index contributed by atoms with van der Waals surface area (Å²) in [5.74, 6) is -0.239. The van der Waals surface area contributed by atoms with Gasteiger partial charge in [-0.25, -0.2) is 4.98 Å². The summed E-state index contributed by atoms with van der Waals surface area (Å²) in [4.78, 5) is 16.0. The molecule has 2 aromatic rings. The number of hydrogen-bond acceptors (Lipinski definition) is 4. The highest BCUT2D eigenvalue weighted by Crippen LogP contribution is 2.25. The number of carbonyl (C=O) groups excluding carboxylic acids is 1. The van der Waals surface area contributed by atoms with Gasteiger partial charge in [-0.1, -0.05) is 25.4 Å². The number of amides is 1. The van der Waals surface area contributed by atoms with Crippen LogP contribution in [0.3, 0.4) is 0 Å². The molecule has 4 N–H and O–H groups in total. The van der Waals surface area contributed by atoms with Crippen molar-refractivity contribution in [1.82, 2.24) is 15.2 Å². The Hall–Kier alpha value is -1.60. The molecular weight excluding hydrogens is 346 g/mol. The Balaban J connectivity index is 2.22. The summed E-state index contributed by atoms with van der Waals surface area (Å²) in [5, 5.41) is 9.72. The molecule has 2 aromatic heterocycles. The molecule has 0 saturated carbocycles. The number of rotatable bonds is 3. The monoisotopic (exact) mass is 357 g/mol. The van der Waals surface area contributed by atoms with E-state index in [0.717, 1.165) is 5.69 Å². The first-order valence-electron chi connectivity index (χ1n) is 5.86. The van der Waals surface area contributed by atoms with Gasteiger partial charge in [0.1, 0.15) is 5.15 Å². The lowest BCUT2D eigenvalue weighted by Gasteiger charge is -2.05. The van der Waals surface area contributed by atoms with Crippen molar-refractivity contribution in [3.05, 3.63) is 33.3 Å². The second-order valence-electron chi connectivity index (χ2n) is 4.51. The normalized spacial score (nSPS) is 10.8. The van der Waals surface area contributed by atoms with Crippen LogP contribution in [0, 0.1) is 0 Å². The second-order valence-corrected chi connectivity index (χ2v) is 5.72. The molecule has 2 rings (SSSR count). The highest BCUT2D eigenvalue weighted by atomic mass is 79.9. The van der Waals surface area contributed by atoms with Crippen molar-refractivity contribution < 1.29 is 4.79 Å². The Morgan fingerprint density at radius 3 is 2.80 bits per heavy atom. The standard InChI is InChI=1S/C12H13BrClN5O/c1-5(2)9-8(15)10(19-18-9)12(20)17-6-3-7(13)11(14)16-4-6/h3-5H,15H2,1-2H3,(H,17,20)(H,18,19). The molecule has 0 radical (unpaired) electrons. The van der Waals surface area contributed by atoms with Crippen LogP contribution in [0.5, 0.6) is 0 Å². The smallest absolute Gasteiger partial charge is 0.278 e. The van der Waals surface area contributed by atoms with E-state index in [-0.39, 0.29) is 11.6 Å². The first kappa shape index (κ1) is 14.8. The van der Waals surface area contributed by atoms with Crippen molar-refractivity contribution in [2.45, 2.75) is 19.8 Å². The fourth-order valence-electron chi connectivity index (χ4n) is 1.66. The number of aromatic amines is 1. The van der Waals surface area contributed by atoms with Crippen LogP contribution in [0.2, 0.25) is 5.15 Å². The Labute approximate surface area is 129 Å². The van der Waals surface area contributed by atoms with Crippen molar-refractivity contribution in [3.63, 3.8) is 0 Å². The van der Waals surface area contributed by atoms with Gasteiger partial charge in [-0.3, -0.25) is 9.89 Å². The lowest BCUT2D eigenvalue weighted by Crippen LogP contribution is -2.14. The summed E-state index contributed by atoms with van der Waals surface area (Å²) >= 11 is 9.03. The first-order valence-corrected chi connectivity index (χ1v) is 7.03. The zero-order valence-electron chi connectivity index (χ0n) is 10.9. The number of nitrogens with zero attached hydrogens (tertiary/aromatic N) is 2. The van der Waals surface area contributed by atoms with Gasteiger partial charge in [0.25, 0.3) is 5.91 Å². The summed E-state index contributed by atoms with van der Waals surface area (Å²) in [6.07, 6.45) is 1.46. The Morgan fingerprint density at radius 1 is 1.55 bits per heavy atom. The SMILES string of the molecule is CC(C)c1[nH]nc(C(=O)Nc2cnc(Cl)c(Br)c2)c1N. The van der Waals surface area contributed by atoms with E-state index < -0.39 is 5.91 Å². The minimum absolute atomic E-state index is 0.162. The van der Waals surface area contributed by atoms with Crippen molar-refractivity contribution >= 4 is 44.8 Å². The van der Waals surface area contributed by atoms with Gasteiger partial charge < -0.3 is 11.1 Å². The van der Waals surface area contributed by atoms with E-state index in [9.17, 15) is 4.79 Å². The topological polar surface area (TPSA) is 96.7 Å². The Bertz CT molecular complexity index is 655. The predicted molar refractivity (Wildman–Crippen MR) is 82.0 cm³/mol. The average Bonchev–Trinajstić information content (AvgIpc) is 2.76. The van der Waals surface area contributed by atoms with Gasteiger partial charge in [0.2, 0.25) is 0 Å². The Morgan fingerprint density at radius 2 is 2.25 bits per heavy atom. The lowest BCUT2D eigenvalue weighted by molar-refractivity contribution is 0.102. The molecule has 0 bridgehead atoms. The third kappa shape index (κ3) is 2.94. The molecule has 8 heteroatoms. The molecule has 2 heterocycles. The van der Waals surface area contributed by atoms with Crippen molar-refractivity contribution in [1.29, 1.82) is 0 Å². The van der Waals surface area contributed by atoms with Gasteiger partial charge in [-0.05, 0) is 27.9 Å². The summed E-state index contributed by atoms with van der Waals surface area (Å²) in [6, 6.07) is 1.65. The lowest BCUT2D eigenvalue weighted by atomic mass is 10.1. The van der Waals surface area contributed by atoms with E-state index in [1.54, 1.807) is 6.07 Å². The Kier molecular flexibility index (Phi) is 4.29. The van der Waals surface area contributed by atoms with Crippen LogP contribution in [-0.4, -0.2) is 21.1 Å². The van der Waals surface area contributed by atoms with E-state index in [1.807, 2.05) is 13.8 Å². The number of hydrogen-bond donors (Lipinski definition) is 3. The van der Waals surface area contributed by atoms with Crippen LogP contribution < -0.4 is 11.1 Å². The maximum Gasteiger partial charge on any atom is 0.278 e. The molecule has 0 aliphatic carbocycles. The molecule has 0 aliphatic heterocycles. The van der Waals surface area contributed by atoms with Crippen LogP contribution in [0.15, 0.2) is 16.7 Å². The molecule has 0 aliphatic rings. The molecule has 106 valence electrons. The molecule has 1 amide bonds. The van der Waals surface area contributed by atoms with Crippen molar-refractivity contribution in [2.24, 2.45) is 0 Å². The van der Waals surface area contributed by atoms with E-state index in [0.29, 0.717) is 21.0 Å². The number of nitrogens with one attached hydrogen (secondary N) is 2. The number of aromatic nitrogens is 3. The maximum absolute atomic E-state index is 12.1. The summed E-state index contributed by atoms with van der Waals surface area (Å²) in [6.45, 7) is 3.93. The van der Waals surface area contributed by atoms with Gasteiger partial charge >= 0.3 is 0 Å². The summed E-state index contributed by atoms with van der Waals surface area (Å²) < 4.78 is 0.592. The molecule has 0 saturated heterocycles. The van der Waals surface area contributed by atoms with Gasteiger partial charge in [-0.15, -0.1) is 0 Å².